The number of nitrogens with one attached hydrogen (secondary N) is 2. The lowest BCUT2D eigenvalue weighted by atomic mass is 10.1. The number of hydrogen-bond acceptors (Lipinski definition) is 3. The quantitative estimate of drug-likeness (QED) is 0.868. The summed E-state index contributed by atoms with van der Waals surface area (Å²) >= 11 is 0. The molecule has 0 saturated carbocycles. The second-order valence-electron chi connectivity index (χ2n) is 6.23. The van der Waals surface area contributed by atoms with E-state index in [1.165, 1.54) is 6.42 Å². The van der Waals surface area contributed by atoms with Crippen LogP contribution in [-0.2, 0) is 5.54 Å². The molecule has 106 valence electrons. The predicted molar refractivity (Wildman–Crippen MR) is 75.3 cm³/mol. The zero-order valence-electron chi connectivity index (χ0n) is 12.3. The fourth-order valence-electron chi connectivity index (χ4n) is 2.55. The second kappa shape index (κ2) is 5.33. The van der Waals surface area contributed by atoms with Crippen molar-refractivity contribution in [3.8, 4) is 0 Å². The Balaban J connectivity index is 2.01. The van der Waals surface area contributed by atoms with Crippen molar-refractivity contribution in [3.63, 3.8) is 0 Å². The van der Waals surface area contributed by atoms with Crippen molar-refractivity contribution in [1.82, 2.24) is 20.4 Å². The summed E-state index contributed by atoms with van der Waals surface area (Å²) in [6.45, 7) is 9.94. The maximum absolute atomic E-state index is 12.2. The molecule has 1 aliphatic rings. The molecular weight excluding hydrogens is 240 g/mol. The first-order chi connectivity index (χ1) is 8.89. The van der Waals surface area contributed by atoms with Gasteiger partial charge in [0, 0.05) is 18.3 Å². The van der Waals surface area contributed by atoms with E-state index >= 15 is 0 Å². The van der Waals surface area contributed by atoms with Gasteiger partial charge in [0.2, 0.25) is 0 Å². The minimum atomic E-state index is -0.102. The summed E-state index contributed by atoms with van der Waals surface area (Å²) in [5.74, 6) is -0.0262. The van der Waals surface area contributed by atoms with E-state index in [2.05, 4.69) is 36.5 Å². The van der Waals surface area contributed by atoms with Crippen molar-refractivity contribution < 1.29 is 4.79 Å². The first-order valence-electron chi connectivity index (χ1n) is 6.96. The minimum absolute atomic E-state index is 0.0262. The third-order valence-corrected chi connectivity index (χ3v) is 3.56. The van der Waals surface area contributed by atoms with Crippen molar-refractivity contribution in [3.05, 3.63) is 17.5 Å². The summed E-state index contributed by atoms with van der Waals surface area (Å²) in [6, 6.07) is 0.418. The Labute approximate surface area is 114 Å². The van der Waals surface area contributed by atoms with Gasteiger partial charge in [0.1, 0.15) is 0 Å². The predicted octanol–water partition coefficient (Wildman–Crippen LogP) is 1.43. The van der Waals surface area contributed by atoms with Gasteiger partial charge in [-0.3, -0.25) is 9.48 Å². The van der Waals surface area contributed by atoms with Crippen molar-refractivity contribution in [2.45, 2.75) is 52.1 Å². The third-order valence-electron chi connectivity index (χ3n) is 3.56. The van der Waals surface area contributed by atoms with Gasteiger partial charge < -0.3 is 10.6 Å². The molecule has 0 bridgehead atoms. The van der Waals surface area contributed by atoms with Crippen molar-refractivity contribution in [2.75, 3.05) is 13.1 Å². The maximum Gasteiger partial charge on any atom is 0.254 e. The van der Waals surface area contributed by atoms with Gasteiger partial charge in [-0.15, -0.1) is 0 Å². The zero-order chi connectivity index (χ0) is 14.0. The summed E-state index contributed by atoms with van der Waals surface area (Å²) in [4.78, 5) is 12.2. The Kier molecular flexibility index (Phi) is 3.94. The Bertz CT molecular complexity index is 453. The Hall–Kier alpha value is -1.36. The molecule has 1 atom stereocenters. The lowest BCUT2D eigenvalue weighted by molar-refractivity contribution is 0.0949. The number of rotatable bonds is 3. The van der Waals surface area contributed by atoms with Gasteiger partial charge in [-0.1, -0.05) is 0 Å². The fraction of sp³-hybridized carbons (Fsp3) is 0.714. The number of nitrogens with zero attached hydrogens (tertiary/aromatic N) is 2. The van der Waals surface area contributed by atoms with E-state index in [-0.39, 0.29) is 11.4 Å². The molecule has 1 amide bonds. The summed E-state index contributed by atoms with van der Waals surface area (Å²) in [5, 5.41) is 10.7. The van der Waals surface area contributed by atoms with Crippen LogP contribution in [-0.4, -0.2) is 34.8 Å². The molecule has 1 fully saturated rings. The van der Waals surface area contributed by atoms with Gasteiger partial charge in [-0.25, -0.2) is 0 Å². The van der Waals surface area contributed by atoms with E-state index < -0.39 is 0 Å². The van der Waals surface area contributed by atoms with Crippen molar-refractivity contribution in [1.29, 1.82) is 0 Å². The van der Waals surface area contributed by atoms with E-state index in [0.717, 1.165) is 18.7 Å². The van der Waals surface area contributed by atoms with Crippen LogP contribution in [0.4, 0.5) is 0 Å². The lowest BCUT2D eigenvalue weighted by Gasteiger charge is -2.21. The van der Waals surface area contributed by atoms with Crippen LogP contribution in [0.15, 0.2) is 6.20 Å². The smallest absolute Gasteiger partial charge is 0.254 e. The van der Waals surface area contributed by atoms with Gasteiger partial charge >= 0.3 is 0 Å². The second-order valence-corrected chi connectivity index (χ2v) is 6.23. The Morgan fingerprint density at radius 3 is 2.84 bits per heavy atom. The van der Waals surface area contributed by atoms with Crippen LogP contribution in [0.3, 0.4) is 0 Å². The van der Waals surface area contributed by atoms with Crippen LogP contribution in [0, 0.1) is 6.92 Å². The molecule has 1 aliphatic heterocycles. The van der Waals surface area contributed by atoms with E-state index in [1.807, 2.05) is 11.6 Å². The normalized spacial score (nSPS) is 19.7. The first kappa shape index (κ1) is 14.1. The number of carbonyl (C=O) groups excluding carboxylic acids is 1. The number of amides is 1. The highest BCUT2D eigenvalue weighted by Crippen LogP contribution is 2.18. The molecule has 0 aromatic carbocycles. The third kappa shape index (κ3) is 3.15. The standard InChI is InChI=1S/C14H24N4O/c1-10-12(9-17-18(10)14(2,3)4)13(19)16-8-11-6-5-7-15-11/h9,11,15H,5-8H2,1-4H3,(H,16,19). The highest BCUT2D eigenvalue weighted by Gasteiger charge is 2.22. The molecule has 1 aromatic rings. The van der Waals surface area contributed by atoms with Crippen LogP contribution in [0.5, 0.6) is 0 Å². The van der Waals surface area contributed by atoms with Gasteiger partial charge in [-0.2, -0.15) is 5.10 Å². The number of aromatic nitrogens is 2. The number of hydrogen-bond donors (Lipinski definition) is 2. The van der Waals surface area contributed by atoms with Crippen LogP contribution in [0.2, 0.25) is 0 Å². The SMILES string of the molecule is Cc1c(C(=O)NCC2CCCN2)cnn1C(C)(C)C. The van der Waals surface area contributed by atoms with E-state index in [0.29, 0.717) is 18.2 Å². The summed E-state index contributed by atoms with van der Waals surface area (Å²) in [6.07, 6.45) is 4.00. The molecule has 1 saturated heterocycles. The lowest BCUT2D eigenvalue weighted by Crippen LogP contribution is -2.37. The van der Waals surface area contributed by atoms with Gasteiger partial charge in [-0.05, 0) is 47.1 Å². The molecular formula is C14H24N4O. The Morgan fingerprint density at radius 2 is 2.32 bits per heavy atom. The fourth-order valence-corrected chi connectivity index (χ4v) is 2.55. The van der Waals surface area contributed by atoms with Crippen LogP contribution >= 0.6 is 0 Å². The highest BCUT2D eigenvalue weighted by atomic mass is 16.1. The van der Waals surface area contributed by atoms with Crippen LogP contribution in [0.25, 0.3) is 0 Å². The maximum atomic E-state index is 12.2. The summed E-state index contributed by atoms with van der Waals surface area (Å²) in [7, 11) is 0. The minimum Gasteiger partial charge on any atom is -0.350 e. The van der Waals surface area contributed by atoms with E-state index in [1.54, 1.807) is 6.20 Å². The Morgan fingerprint density at radius 1 is 1.58 bits per heavy atom. The van der Waals surface area contributed by atoms with E-state index in [9.17, 15) is 4.79 Å². The van der Waals surface area contributed by atoms with Crippen LogP contribution in [0.1, 0.15) is 49.7 Å². The molecule has 2 heterocycles. The monoisotopic (exact) mass is 264 g/mol. The molecule has 2 rings (SSSR count). The number of carbonyl (C=O) groups is 1. The average molecular weight is 264 g/mol. The first-order valence-corrected chi connectivity index (χ1v) is 6.96. The molecule has 0 radical (unpaired) electrons. The highest BCUT2D eigenvalue weighted by molar-refractivity contribution is 5.95. The molecule has 1 unspecified atom stereocenters. The largest absolute Gasteiger partial charge is 0.350 e. The van der Waals surface area contributed by atoms with E-state index in [4.69, 9.17) is 0 Å². The summed E-state index contributed by atoms with van der Waals surface area (Å²) < 4.78 is 1.90. The van der Waals surface area contributed by atoms with Crippen molar-refractivity contribution in [2.24, 2.45) is 0 Å². The van der Waals surface area contributed by atoms with Gasteiger partial charge in [0.25, 0.3) is 5.91 Å². The van der Waals surface area contributed by atoms with Crippen molar-refractivity contribution >= 4 is 5.91 Å². The topological polar surface area (TPSA) is 59.0 Å². The molecule has 5 nitrogen and oxygen atoms in total. The average Bonchev–Trinajstić information content (AvgIpc) is 2.93. The van der Waals surface area contributed by atoms with Gasteiger partial charge in [0.15, 0.2) is 0 Å². The van der Waals surface area contributed by atoms with Crippen LogP contribution < -0.4 is 10.6 Å². The molecule has 19 heavy (non-hydrogen) atoms. The molecule has 2 N–H and O–H groups in total. The molecule has 0 aliphatic carbocycles. The van der Waals surface area contributed by atoms with Gasteiger partial charge in [0.05, 0.1) is 17.3 Å². The summed E-state index contributed by atoms with van der Waals surface area (Å²) in [5.41, 5.74) is 1.49. The molecule has 5 heteroatoms. The molecule has 1 aromatic heterocycles. The molecule has 0 spiro atoms. The zero-order valence-corrected chi connectivity index (χ0v) is 12.3.